The summed E-state index contributed by atoms with van der Waals surface area (Å²) in [6, 6.07) is 5.91. The third-order valence-electron chi connectivity index (χ3n) is 2.96. The summed E-state index contributed by atoms with van der Waals surface area (Å²) in [5.41, 5.74) is 1.47. The molecule has 116 valence electrons. The van der Waals surface area contributed by atoms with Crippen molar-refractivity contribution in [2.75, 3.05) is 5.32 Å². The maximum Gasteiger partial charge on any atom is 0.321 e. The summed E-state index contributed by atoms with van der Waals surface area (Å²) in [5, 5.41) is 15.1. The van der Waals surface area contributed by atoms with E-state index in [9.17, 15) is 9.90 Å². The van der Waals surface area contributed by atoms with Crippen LogP contribution in [-0.4, -0.2) is 21.1 Å². The molecule has 0 unspecified atom stereocenters. The van der Waals surface area contributed by atoms with Crippen LogP contribution in [0.3, 0.4) is 0 Å². The molecule has 0 saturated heterocycles. The van der Waals surface area contributed by atoms with Crippen LogP contribution in [0.15, 0.2) is 30.5 Å². The Labute approximate surface area is 133 Å². The van der Waals surface area contributed by atoms with Crippen molar-refractivity contribution in [1.82, 2.24) is 15.3 Å². The SMILES string of the molecule is CC(C)c1ccnc(NC(=O)NCc2cc(O)ccc2Cl)n1. The lowest BCUT2D eigenvalue weighted by molar-refractivity contribution is 0.251. The molecule has 0 bridgehead atoms. The van der Waals surface area contributed by atoms with E-state index in [4.69, 9.17) is 11.6 Å². The van der Waals surface area contributed by atoms with E-state index < -0.39 is 6.03 Å². The number of carbonyl (C=O) groups is 1. The monoisotopic (exact) mass is 320 g/mol. The molecule has 0 saturated carbocycles. The Hall–Kier alpha value is -2.34. The lowest BCUT2D eigenvalue weighted by Gasteiger charge is -2.09. The second-order valence-electron chi connectivity index (χ2n) is 5.04. The van der Waals surface area contributed by atoms with E-state index in [1.807, 2.05) is 13.8 Å². The molecule has 7 heteroatoms. The number of benzene rings is 1. The van der Waals surface area contributed by atoms with Crippen LogP contribution in [0, 0.1) is 0 Å². The molecule has 0 aliphatic heterocycles. The van der Waals surface area contributed by atoms with Crippen LogP contribution in [0.2, 0.25) is 5.02 Å². The highest BCUT2D eigenvalue weighted by Gasteiger charge is 2.08. The first-order valence-electron chi connectivity index (χ1n) is 6.81. The molecule has 2 aromatic rings. The number of phenolic OH excluding ortho intramolecular Hbond substituents is 1. The molecule has 1 heterocycles. The van der Waals surface area contributed by atoms with Gasteiger partial charge in [-0.05, 0) is 35.7 Å². The Morgan fingerprint density at radius 2 is 2.14 bits per heavy atom. The van der Waals surface area contributed by atoms with Crippen molar-refractivity contribution in [1.29, 1.82) is 0 Å². The lowest BCUT2D eigenvalue weighted by atomic mass is 10.1. The van der Waals surface area contributed by atoms with E-state index in [-0.39, 0.29) is 24.2 Å². The Bertz CT molecular complexity index is 676. The molecule has 0 radical (unpaired) electrons. The number of phenols is 1. The first-order valence-corrected chi connectivity index (χ1v) is 7.18. The minimum absolute atomic E-state index is 0.0922. The number of halogens is 1. The normalized spacial score (nSPS) is 10.5. The molecule has 6 nitrogen and oxygen atoms in total. The average molecular weight is 321 g/mol. The summed E-state index contributed by atoms with van der Waals surface area (Å²) >= 11 is 5.99. The van der Waals surface area contributed by atoms with Crippen molar-refractivity contribution in [2.24, 2.45) is 0 Å². The van der Waals surface area contributed by atoms with Gasteiger partial charge in [0.2, 0.25) is 5.95 Å². The van der Waals surface area contributed by atoms with Crippen LogP contribution >= 0.6 is 11.6 Å². The number of rotatable bonds is 4. The van der Waals surface area contributed by atoms with Gasteiger partial charge in [-0.2, -0.15) is 0 Å². The number of urea groups is 1. The van der Waals surface area contributed by atoms with Crippen molar-refractivity contribution in [3.63, 3.8) is 0 Å². The molecule has 0 fully saturated rings. The van der Waals surface area contributed by atoms with Gasteiger partial charge in [0, 0.05) is 23.5 Å². The largest absolute Gasteiger partial charge is 0.508 e. The Morgan fingerprint density at radius 1 is 1.36 bits per heavy atom. The highest BCUT2D eigenvalue weighted by Crippen LogP contribution is 2.20. The van der Waals surface area contributed by atoms with E-state index in [1.165, 1.54) is 12.1 Å². The number of nitrogens with zero attached hydrogens (tertiary/aromatic N) is 2. The predicted octanol–water partition coefficient (Wildman–Crippen LogP) is 3.28. The third kappa shape index (κ3) is 4.33. The summed E-state index contributed by atoms with van der Waals surface area (Å²) in [4.78, 5) is 20.1. The van der Waals surface area contributed by atoms with Gasteiger partial charge in [0.25, 0.3) is 0 Å². The maximum absolute atomic E-state index is 11.9. The number of hydrogen-bond acceptors (Lipinski definition) is 4. The maximum atomic E-state index is 11.9. The molecule has 22 heavy (non-hydrogen) atoms. The van der Waals surface area contributed by atoms with Crippen molar-refractivity contribution in [3.05, 3.63) is 46.7 Å². The Morgan fingerprint density at radius 3 is 2.86 bits per heavy atom. The number of aromatic nitrogens is 2. The highest BCUT2D eigenvalue weighted by atomic mass is 35.5. The van der Waals surface area contributed by atoms with E-state index in [0.717, 1.165) is 5.69 Å². The second-order valence-corrected chi connectivity index (χ2v) is 5.45. The average Bonchev–Trinajstić information content (AvgIpc) is 2.48. The number of amides is 2. The second kappa shape index (κ2) is 7.09. The summed E-state index contributed by atoms with van der Waals surface area (Å²) in [7, 11) is 0. The number of carbonyl (C=O) groups excluding carboxylic acids is 1. The van der Waals surface area contributed by atoms with Crippen LogP contribution in [0.1, 0.15) is 31.0 Å². The Balaban J connectivity index is 1.96. The minimum atomic E-state index is -0.444. The summed E-state index contributed by atoms with van der Waals surface area (Å²) < 4.78 is 0. The molecule has 2 amide bonds. The zero-order chi connectivity index (χ0) is 16.1. The lowest BCUT2D eigenvalue weighted by Crippen LogP contribution is -2.29. The van der Waals surface area contributed by atoms with Crippen LogP contribution in [0.4, 0.5) is 10.7 Å². The fourth-order valence-corrected chi connectivity index (χ4v) is 1.96. The summed E-state index contributed by atoms with van der Waals surface area (Å²) in [6.07, 6.45) is 1.60. The van der Waals surface area contributed by atoms with Gasteiger partial charge in [0.1, 0.15) is 5.75 Å². The molecular formula is C15H17ClN4O2. The smallest absolute Gasteiger partial charge is 0.321 e. The fraction of sp³-hybridized carbons (Fsp3) is 0.267. The molecule has 0 spiro atoms. The van der Waals surface area contributed by atoms with E-state index >= 15 is 0 Å². The van der Waals surface area contributed by atoms with Gasteiger partial charge < -0.3 is 10.4 Å². The van der Waals surface area contributed by atoms with E-state index in [0.29, 0.717) is 10.6 Å². The van der Waals surface area contributed by atoms with Crippen molar-refractivity contribution < 1.29 is 9.90 Å². The van der Waals surface area contributed by atoms with Gasteiger partial charge in [0.15, 0.2) is 0 Å². The molecule has 0 atom stereocenters. The quantitative estimate of drug-likeness (QED) is 0.806. The van der Waals surface area contributed by atoms with Crippen LogP contribution in [0.5, 0.6) is 5.75 Å². The number of nitrogens with one attached hydrogen (secondary N) is 2. The topological polar surface area (TPSA) is 87.1 Å². The van der Waals surface area contributed by atoms with E-state index in [1.54, 1.807) is 18.3 Å². The van der Waals surface area contributed by atoms with Crippen molar-refractivity contribution in [3.8, 4) is 5.75 Å². The van der Waals surface area contributed by atoms with Crippen molar-refractivity contribution in [2.45, 2.75) is 26.3 Å². The molecule has 1 aromatic heterocycles. The van der Waals surface area contributed by atoms with Crippen LogP contribution in [-0.2, 0) is 6.54 Å². The zero-order valence-electron chi connectivity index (χ0n) is 12.3. The first-order chi connectivity index (χ1) is 10.5. The molecular weight excluding hydrogens is 304 g/mol. The molecule has 0 aliphatic rings. The minimum Gasteiger partial charge on any atom is -0.508 e. The fourth-order valence-electron chi connectivity index (χ4n) is 1.77. The van der Waals surface area contributed by atoms with Gasteiger partial charge in [0.05, 0.1) is 0 Å². The van der Waals surface area contributed by atoms with Gasteiger partial charge in [-0.3, -0.25) is 5.32 Å². The number of hydrogen-bond donors (Lipinski definition) is 3. The van der Waals surface area contributed by atoms with Gasteiger partial charge in [-0.25, -0.2) is 14.8 Å². The van der Waals surface area contributed by atoms with Gasteiger partial charge in [-0.1, -0.05) is 25.4 Å². The van der Waals surface area contributed by atoms with Gasteiger partial charge in [-0.15, -0.1) is 0 Å². The number of anilines is 1. The van der Waals surface area contributed by atoms with Crippen LogP contribution in [0.25, 0.3) is 0 Å². The molecule has 3 N–H and O–H groups in total. The predicted molar refractivity (Wildman–Crippen MR) is 85.1 cm³/mol. The standard InChI is InChI=1S/C15H17ClN4O2/c1-9(2)13-5-6-17-14(19-13)20-15(22)18-8-10-7-11(21)3-4-12(10)16/h3-7,9,21H,8H2,1-2H3,(H2,17,18,19,20,22). The number of aromatic hydroxyl groups is 1. The van der Waals surface area contributed by atoms with Crippen LogP contribution < -0.4 is 10.6 Å². The van der Waals surface area contributed by atoms with Gasteiger partial charge >= 0.3 is 6.03 Å². The highest BCUT2D eigenvalue weighted by molar-refractivity contribution is 6.31. The Kier molecular flexibility index (Phi) is 5.16. The molecule has 1 aromatic carbocycles. The summed E-state index contributed by atoms with van der Waals surface area (Å²) in [5.74, 6) is 0.581. The van der Waals surface area contributed by atoms with E-state index in [2.05, 4.69) is 20.6 Å². The third-order valence-corrected chi connectivity index (χ3v) is 3.33. The summed E-state index contributed by atoms with van der Waals surface area (Å²) in [6.45, 7) is 4.20. The first kappa shape index (κ1) is 16.0. The van der Waals surface area contributed by atoms with Crippen molar-refractivity contribution >= 4 is 23.6 Å². The zero-order valence-corrected chi connectivity index (χ0v) is 13.1. The molecule has 0 aliphatic carbocycles. The molecule has 2 rings (SSSR count).